The van der Waals surface area contributed by atoms with Crippen LogP contribution in [0.25, 0.3) is 0 Å². The summed E-state index contributed by atoms with van der Waals surface area (Å²) in [6.45, 7) is 3.01. The highest BCUT2D eigenvalue weighted by Crippen LogP contribution is 2.23. The lowest BCUT2D eigenvalue weighted by Gasteiger charge is -2.06. The van der Waals surface area contributed by atoms with Gasteiger partial charge in [-0.05, 0) is 79.2 Å². The van der Waals surface area contributed by atoms with Crippen molar-refractivity contribution in [2.24, 2.45) is 10.2 Å². The molecule has 42 heavy (non-hydrogen) atoms. The largest absolute Gasteiger partial charge is 0.494 e. The second kappa shape index (κ2) is 20.0. The number of ether oxygens (including phenoxy) is 2. The van der Waals surface area contributed by atoms with Gasteiger partial charge in [-0.25, -0.2) is 4.79 Å². The first-order valence-corrected chi connectivity index (χ1v) is 15.6. The third-order valence-electron chi connectivity index (χ3n) is 7.18. The second-order valence-corrected chi connectivity index (χ2v) is 10.7. The Kier molecular flexibility index (Phi) is 15.5. The van der Waals surface area contributed by atoms with Crippen molar-refractivity contribution in [1.29, 1.82) is 5.26 Å². The average molecular weight is 568 g/mol. The van der Waals surface area contributed by atoms with Gasteiger partial charge >= 0.3 is 5.97 Å². The molecule has 222 valence electrons. The fourth-order valence-corrected chi connectivity index (χ4v) is 4.64. The zero-order chi connectivity index (χ0) is 29.7. The number of nitriles is 1. The van der Waals surface area contributed by atoms with Gasteiger partial charge in [0.25, 0.3) is 0 Å². The molecule has 3 aromatic carbocycles. The van der Waals surface area contributed by atoms with Crippen LogP contribution in [0.5, 0.6) is 11.5 Å². The second-order valence-electron chi connectivity index (χ2n) is 10.7. The van der Waals surface area contributed by atoms with Gasteiger partial charge in [0.15, 0.2) is 0 Å². The number of benzene rings is 3. The van der Waals surface area contributed by atoms with E-state index >= 15 is 0 Å². The summed E-state index contributed by atoms with van der Waals surface area (Å²) in [6.07, 6.45) is 18.9. The van der Waals surface area contributed by atoms with Crippen LogP contribution in [0.2, 0.25) is 0 Å². The molecule has 0 N–H and O–H groups in total. The molecule has 6 heteroatoms. The van der Waals surface area contributed by atoms with Crippen LogP contribution >= 0.6 is 0 Å². The molecule has 3 aromatic rings. The van der Waals surface area contributed by atoms with Gasteiger partial charge in [0.2, 0.25) is 0 Å². The van der Waals surface area contributed by atoms with E-state index in [4.69, 9.17) is 14.7 Å². The summed E-state index contributed by atoms with van der Waals surface area (Å²) < 4.78 is 11.2. The number of esters is 1. The number of hydrogen-bond acceptors (Lipinski definition) is 6. The molecule has 0 unspecified atom stereocenters. The summed E-state index contributed by atoms with van der Waals surface area (Å²) >= 11 is 0. The van der Waals surface area contributed by atoms with Gasteiger partial charge in [0.1, 0.15) is 11.5 Å². The highest BCUT2D eigenvalue weighted by Gasteiger charge is 2.08. The number of rotatable bonds is 20. The van der Waals surface area contributed by atoms with Crippen LogP contribution in [-0.2, 0) is 0 Å². The molecular formula is C36H45N3O3. The molecule has 0 radical (unpaired) electrons. The lowest BCUT2D eigenvalue weighted by atomic mass is 10.0. The standard InChI is InChI=1S/C36H45N3O3/c1-2-3-4-5-6-7-8-9-10-11-12-13-14-15-28-41-34-26-22-33(23-27-34)39-38-32-20-18-31(19-21-32)36(40)42-35-24-16-30(29-37)17-25-35/h16-27H,2-15,28H2,1H3. The van der Waals surface area contributed by atoms with Crippen molar-refractivity contribution in [3.8, 4) is 17.6 Å². The predicted molar refractivity (Wildman–Crippen MR) is 169 cm³/mol. The molecule has 0 bridgehead atoms. The first-order valence-electron chi connectivity index (χ1n) is 15.6. The van der Waals surface area contributed by atoms with Crippen LogP contribution in [-0.4, -0.2) is 12.6 Å². The lowest BCUT2D eigenvalue weighted by molar-refractivity contribution is 0.0735. The fourth-order valence-electron chi connectivity index (χ4n) is 4.64. The number of hydrogen-bond donors (Lipinski definition) is 0. The van der Waals surface area contributed by atoms with Crippen molar-refractivity contribution in [3.63, 3.8) is 0 Å². The number of carbonyl (C=O) groups excluding carboxylic acids is 1. The Labute approximate surface area is 251 Å². The molecule has 0 aromatic heterocycles. The van der Waals surface area contributed by atoms with Gasteiger partial charge in [-0.1, -0.05) is 90.4 Å². The van der Waals surface area contributed by atoms with Crippen molar-refractivity contribution < 1.29 is 14.3 Å². The summed E-state index contributed by atoms with van der Waals surface area (Å²) in [7, 11) is 0. The van der Waals surface area contributed by atoms with E-state index in [-0.39, 0.29) is 0 Å². The summed E-state index contributed by atoms with van der Waals surface area (Å²) in [4.78, 5) is 12.4. The molecule has 6 nitrogen and oxygen atoms in total. The number of nitrogens with zero attached hydrogens (tertiary/aromatic N) is 3. The Bertz CT molecular complexity index is 1230. The lowest BCUT2D eigenvalue weighted by Crippen LogP contribution is -2.07. The maximum atomic E-state index is 12.4. The van der Waals surface area contributed by atoms with Gasteiger partial charge in [-0.15, -0.1) is 0 Å². The molecule has 0 saturated heterocycles. The van der Waals surface area contributed by atoms with Crippen molar-refractivity contribution in [1.82, 2.24) is 0 Å². The molecule has 0 aliphatic rings. The third kappa shape index (κ3) is 13.1. The topological polar surface area (TPSA) is 84.0 Å². The van der Waals surface area contributed by atoms with E-state index in [0.29, 0.717) is 22.6 Å². The Balaban J connectivity index is 1.25. The molecule has 3 rings (SSSR count). The smallest absolute Gasteiger partial charge is 0.343 e. The van der Waals surface area contributed by atoms with Crippen LogP contribution in [0.1, 0.15) is 113 Å². The Morgan fingerprint density at radius 3 is 1.57 bits per heavy atom. The van der Waals surface area contributed by atoms with Gasteiger partial charge in [0, 0.05) is 0 Å². The Morgan fingerprint density at radius 1 is 0.619 bits per heavy atom. The zero-order valence-corrected chi connectivity index (χ0v) is 25.1. The Morgan fingerprint density at radius 2 is 1.07 bits per heavy atom. The van der Waals surface area contributed by atoms with Crippen molar-refractivity contribution in [2.75, 3.05) is 6.61 Å². The average Bonchev–Trinajstić information content (AvgIpc) is 3.03. The molecule has 0 amide bonds. The van der Waals surface area contributed by atoms with Crippen LogP contribution in [0.3, 0.4) is 0 Å². The highest BCUT2D eigenvalue weighted by molar-refractivity contribution is 5.91. The van der Waals surface area contributed by atoms with Crippen molar-refractivity contribution in [2.45, 2.75) is 96.8 Å². The molecule has 0 spiro atoms. The highest BCUT2D eigenvalue weighted by atomic mass is 16.5. The van der Waals surface area contributed by atoms with Gasteiger partial charge in [0.05, 0.1) is 35.2 Å². The van der Waals surface area contributed by atoms with Crippen molar-refractivity contribution in [3.05, 3.63) is 83.9 Å². The molecule has 0 aliphatic heterocycles. The van der Waals surface area contributed by atoms with Crippen LogP contribution in [0.4, 0.5) is 11.4 Å². The zero-order valence-electron chi connectivity index (χ0n) is 25.1. The minimum atomic E-state index is -0.479. The monoisotopic (exact) mass is 567 g/mol. The van der Waals surface area contributed by atoms with E-state index in [0.717, 1.165) is 24.5 Å². The summed E-state index contributed by atoms with van der Waals surface area (Å²) in [5.41, 5.74) is 2.26. The van der Waals surface area contributed by atoms with Gasteiger partial charge < -0.3 is 9.47 Å². The van der Waals surface area contributed by atoms with Crippen LogP contribution in [0, 0.1) is 11.3 Å². The van der Waals surface area contributed by atoms with E-state index in [1.54, 1.807) is 48.5 Å². The molecule has 0 aliphatic carbocycles. The van der Waals surface area contributed by atoms with Crippen LogP contribution in [0.15, 0.2) is 83.0 Å². The minimum absolute atomic E-state index is 0.384. The maximum Gasteiger partial charge on any atom is 0.343 e. The first-order chi connectivity index (χ1) is 20.7. The third-order valence-corrected chi connectivity index (χ3v) is 7.18. The number of unbranched alkanes of at least 4 members (excludes halogenated alkanes) is 13. The summed E-state index contributed by atoms with van der Waals surface area (Å²) in [5, 5.41) is 17.4. The maximum absolute atomic E-state index is 12.4. The van der Waals surface area contributed by atoms with Crippen LogP contribution < -0.4 is 9.47 Å². The van der Waals surface area contributed by atoms with E-state index < -0.39 is 5.97 Å². The van der Waals surface area contributed by atoms with Gasteiger partial charge in [-0.3, -0.25) is 0 Å². The fraction of sp³-hybridized carbons (Fsp3) is 0.444. The molecule has 0 atom stereocenters. The molecule has 0 fully saturated rings. The number of carbonyl (C=O) groups is 1. The Hall–Kier alpha value is -3.98. The van der Waals surface area contributed by atoms with Gasteiger partial charge in [-0.2, -0.15) is 15.5 Å². The SMILES string of the molecule is CCCCCCCCCCCCCCCCOc1ccc(N=Nc2ccc(C(=O)Oc3ccc(C#N)cc3)cc2)cc1. The normalized spacial score (nSPS) is 11.0. The predicted octanol–water partition coefficient (Wildman–Crippen LogP) is 11.1. The minimum Gasteiger partial charge on any atom is -0.494 e. The summed E-state index contributed by atoms with van der Waals surface area (Å²) in [6, 6.07) is 22.7. The quantitative estimate of drug-likeness (QED) is 0.0588. The summed E-state index contributed by atoms with van der Waals surface area (Å²) in [5.74, 6) is 0.747. The number of azo groups is 1. The molecule has 0 heterocycles. The van der Waals surface area contributed by atoms with E-state index in [9.17, 15) is 4.79 Å². The van der Waals surface area contributed by atoms with E-state index in [2.05, 4.69) is 17.2 Å². The molecule has 0 saturated carbocycles. The molecular weight excluding hydrogens is 522 g/mol. The first kappa shape index (κ1) is 32.5. The van der Waals surface area contributed by atoms with E-state index in [1.165, 1.54) is 83.5 Å². The van der Waals surface area contributed by atoms with Crippen molar-refractivity contribution >= 4 is 17.3 Å². The van der Waals surface area contributed by atoms with E-state index in [1.807, 2.05) is 30.3 Å².